The Labute approximate surface area is 175 Å². The van der Waals surface area contributed by atoms with Crippen LogP contribution >= 0.6 is 23.2 Å². The third-order valence-electron chi connectivity index (χ3n) is 4.11. The molecule has 0 bridgehead atoms. The quantitative estimate of drug-likeness (QED) is 0.294. The summed E-state index contributed by atoms with van der Waals surface area (Å²) >= 11 is 12.2. The van der Waals surface area contributed by atoms with E-state index in [0.717, 1.165) is 10.8 Å². The highest BCUT2D eigenvalue weighted by molar-refractivity contribution is 6.43. The minimum Gasteiger partial charge on any atom is -0.434 e. The Morgan fingerprint density at radius 2 is 1.76 bits per heavy atom. The highest BCUT2D eigenvalue weighted by Gasteiger charge is 2.26. The van der Waals surface area contributed by atoms with Crippen molar-refractivity contribution in [1.29, 1.82) is 0 Å². The topological polar surface area (TPSA) is 90.2 Å². The van der Waals surface area contributed by atoms with Crippen molar-refractivity contribution in [3.8, 4) is 11.6 Å². The minimum absolute atomic E-state index is 0.0649. The van der Waals surface area contributed by atoms with Gasteiger partial charge in [-0.1, -0.05) is 59.6 Å². The standard InChI is InChI=1S/C20H12Cl2N4O3/c21-15-6-3-7-16(17(15)22)25-19-18(26(27)28)20(24-11-23-19)29-14-9-8-12-4-1-2-5-13(12)10-14/h1-11H,(H,23,24,25). The Kier molecular flexibility index (Phi) is 5.16. The minimum atomic E-state index is -0.614. The summed E-state index contributed by atoms with van der Waals surface area (Å²) in [7, 11) is 0. The van der Waals surface area contributed by atoms with E-state index in [2.05, 4.69) is 15.3 Å². The van der Waals surface area contributed by atoms with Crippen molar-refractivity contribution in [2.45, 2.75) is 0 Å². The van der Waals surface area contributed by atoms with Crippen molar-refractivity contribution in [1.82, 2.24) is 9.97 Å². The van der Waals surface area contributed by atoms with Crippen LogP contribution < -0.4 is 10.1 Å². The number of aromatic nitrogens is 2. The fraction of sp³-hybridized carbons (Fsp3) is 0. The smallest absolute Gasteiger partial charge is 0.373 e. The Bertz CT molecular complexity index is 1230. The molecule has 0 aliphatic rings. The molecule has 7 nitrogen and oxygen atoms in total. The molecule has 0 spiro atoms. The Balaban J connectivity index is 1.72. The molecule has 0 unspecified atom stereocenters. The van der Waals surface area contributed by atoms with E-state index in [1.54, 1.807) is 30.3 Å². The number of benzene rings is 3. The summed E-state index contributed by atoms with van der Waals surface area (Å²) in [6, 6.07) is 18.0. The zero-order valence-electron chi connectivity index (χ0n) is 14.7. The number of hydrogen-bond acceptors (Lipinski definition) is 6. The van der Waals surface area contributed by atoms with Gasteiger partial charge in [0.05, 0.1) is 20.7 Å². The van der Waals surface area contributed by atoms with E-state index >= 15 is 0 Å². The third kappa shape index (κ3) is 3.91. The van der Waals surface area contributed by atoms with E-state index in [0.29, 0.717) is 16.5 Å². The van der Waals surface area contributed by atoms with Gasteiger partial charge in [0.15, 0.2) is 0 Å². The summed E-state index contributed by atoms with van der Waals surface area (Å²) in [5.41, 5.74) is -0.0469. The molecule has 0 atom stereocenters. The highest BCUT2D eigenvalue weighted by Crippen LogP contribution is 2.38. The van der Waals surface area contributed by atoms with E-state index in [1.807, 2.05) is 30.3 Å². The molecule has 0 saturated heterocycles. The number of nitrogens with one attached hydrogen (secondary N) is 1. The number of fused-ring (bicyclic) bond motifs is 1. The molecule has 1 aromatic heterocycles. The van der Waals surface area contributed by atoms with Gasteiger partial charge in [-0.3, -0.25) is 10.1 Å². The first kappa shape index (κ1) is 18.9. The van der Waals surface area contributed by atoms with Gasteiger partial charge in [-0.05, 0) is 35.0 Å². The molecule has 0 aliphatic carbocycles. The van der Waals surface area contributed by atoms with E-state index in [9.17, 15) is 10.1 Å². The molecule has 4 aromatic rings. The second-order valence-electron chi connectivity index (χ2n) is 5.97. The van der Waals surface area contributed by atoms with Gasteiger partial charge >= 0.3 is 11.6 Å². The number of halogens is 2. The van der Waals surface area contributed by atoms with E-state index in [4.69, 9.17) is 27.9 Å². The maximum absolute atomic E-state index is 11.7. The van der Waals surface area contributed by atoms with Crippen molar-refractivity contribution in [2.75, 3.05) is 5.32 Å². The lowest BCUT2D eigenvalue weighted by Crippen LogP contribution is -2.04. The molecule has 144 valence electrons. The summed E-state index contributed by atoms with van der Waals surface area (Å²) in [5, 5.41) is 17.1. The SMILES string of the molecule is O=[N+]([O-])c1c(Nc2cccc(Cl)c2Cl)ncnc1Oc1ccc2ccccc2c1. The van der Waals surface area contributed by atoms with Crippen LogP contribution in [0.2, 0.25) is 10.0 Å². The molecule has 3 aromatic carbocycles. The van der Waals surface area contributed by atoms with Crippen LogP contribution in [0.25, 0.3) is 10.8 Å². The molecular formula is C20H12Cl2N4O3. The zero-order valence-corrected chi connectivity index (χ0v) is 16.2. The molecule has 0 radical (unpaired) electrons. The first-order chi connectivity index (χ1) is 14.0. The monoisotopic (exact) mass is 426 g/mol. The van der Waals surface area contributed by atoms with E-state index < -0.39 is 10.6 Å². The van der Waals surface area contributed by atoms with Gasteiger partial charge in [-0.15, -0.1) is 0 Å². The van der Waals surface area contributed by atoms with Crippen LogP contribution in [0.3, 0.4) is 0 Å². The number of anilines is 2. The molecule has 29 heavy (non-hydrogen) atoms. The predicted molar refractivity (Wildman–Crippen MR) is 112 cm³/mol. The van der Waals surface area contributed by atoms with Gasteiger partial charge in [-0.2, -0.15) is 4.98 Å². The van der Waals surface area contributed by atoms with Gasteiger partial charge in [0.1, 0.15) is 12.1 Å². The maximum atomic E-state index is 11.7. The highest BCUT2D eigenvalue weighted by atomic mass is 35.5. The number of ether oxygens (including phenoxy) is 1. The van der Waals surface area contributed by atoms with Gasteiger partial charge in [0.25, 0.3) is 0 Å². The molecule has 4 rings (SSSR count). The maximum Gasteiger partial charge on any atom is 0.373 e. The number of hydrogen-bond donors (Lipinski definition) is 1. The summed E-state index contributed by atoms with van der Waals surface area (Å²) in [6.07, 6.45) is 1.17. The van der Waals surface area contributed by atoms with Gasteiger partial charge in [0.2, 0.25) is 5.82 Å². The normalized spacial score (nSPS) is 10.7. The fourth-order valence-corrected chi connectivity index (χ4v) is 3.11. The van der Waals surface area contributed by atoms with Crippen LogP contribution in [0.15, 0.2) is 67.0 Å². The molecular weight excluding hydrogens is 415 g/mol. The third-order valence-corrected chi connectivity index (χ3v) is 4.93. The Hall–Kier alpha value is -3.42. The second kappa shape index (κ2) is 7.90. The van der Waals surface area contributed by atoms with Crippen molar-refractivity contribution in [2.24, 2.45) is 0 Å². The van der Waals surface area contributed by atoms with Crippen LogP contribution in [0, 0.1) is 10.1 Å². The van der Waals surface area contributed by atoms with Gasteiger partial charge in [-0.25, -0.2) is 4.98 Å². The number of nitro groups is 1. The molecule has 0 amide bonds. The van der Waals surface area contributed by atoms with Crippen LogP contribution in [-0.2, 0) is 0 Å². The van der Waals surface area contributed by atoms with Crippen molar-refractivity contribution < 1.29 is 9.66 Å². The van der Waals surface area contributed by atoms with E-state index in [1.165, 1.54) is 6.33 Å². The summed E-state index contributed by atoms with van der Waals surface area (Å²) in [6.45, 7) is 0. The second-order valence-corrected chi connectivity index (χ2v) is 6.76. The Morgan fingerprint density at radius 1 is 0.966 bits per heavy atom. The molecule has 0 saturated carbocycles. The van der Waals surface area contributed by atoms with Crippen LogP contribution in [0.4, 0.5) is 17.2 Å². The van der Waals surface area contributed by atoms with Crippen molar-refractivity contribution in [3.63, 3.8) is 0 Å². The largest absolute Gasteiger partial charge is 0.434 e. The first-order valence-corrected chi connectivity index (χ1v) is 9.15. The van der Waals surface area contributed by atoms with Crippen LogP contribution in [-0.4, -0.2) is 14.9 Å². The van der Waals surface area contributed by atoms with Crippen LogP contribution in [0.1, 0.15) is 0 Å². The van der Waals surface area contributed by atoms with E-state index in [-0.39, 0.29) is 16.7 Å². The lowest BCUT2D eigenvalue weighted by atomic mass is 10.1. The lowest BCUT2D eigenvalue weighted by Gasteiger charge is -2.11. The average Bonchev–Trinajstić information content (AvgIpc) is 2.71. The first-order valence-electron chi connectivity index (χ1n) is 8.40. The fourth-order valence-electron chi connectivity index (χ4n) is 2.76. The van der Waals surface area contributed by atoms with Gasteiger partial charge in [0, 0.05) is 0 Å². The molecule has 9 heteroatoms. The molecule has 1 heterocycles. The zero-order chi connectivity index (χ0) is 20.4. The van der Waals surface area contributed by atoms with Crippen molar-refractivity contribution >= 4 is 51.2 Å². The summed E-state index contributed by atoms with van der Waals surface area (Å²) in [4.78, 5) is 19.0. The number of nitrogens with zero attached hydrogens (tertiary/aromatic N) is 3. The summed E-state index contributed by atoms with van der Waals surface area (Å²) in [5.74, 6) is 0.156. The average molecular weight is 427 g/mol. The predicted octanol–water partition coefficient (Wildman–Crippen LogP) is 6.38. The van der Waals surface area contributed by atoms with Gasteiger partial charge < -0.3 is 10.1 Å². The number of rotatable bonds is 5. The van der Waals surface area contributed by atoms with Crippen LogP contribution in [0.5, 0.6) is 11.6 Å². The molecule has 0 aliphatic heterocycles. The lowest BCUT2D eigenvalue weighted by molar-refractivity contribution is -0.385. The molecule has 1 N–H and O–H groups in total. The molecule has 0 fully saturated rings. The summed E-state index contributed by atoms with van der Waals surface area (Å²) < 4.78 is 5.72. The van der Waals surface area contributed by atoms with Crippen molar-refractivity contribution in [3.05, 3.63) is 87.2 Å². The Morgan fingerprint density at radius 3 is 2.55 bits per heavy atom.